The van der Waals surface area contributed by atoms with Crippen LogP contribution in [0.4, 0.5) is 0 Å². The molecule has 0 heterocycles. The van der Waals surface area contributed by atoms with E-state index < -0.39 is 0 Å². The van der Waals surface area contributed by atoms with Gasteiger partial charge in [0.15, 0.2) is 0 Å². The normalized spacial score (nSPS) is 12.5. The Kier molecular flexibility index (Phi) is 4.23. The van der Waals surface area contributed by atoms with Crippen molar-refractivity contribution in [1.82, 2.24) is 5.32 Å². The molecule has 0 spiro atoms. The van der Waals surface area contributed by atoms with Crippen molar-refractivity contribution in [2.75, 3.05) is 0 Å². The zero-order chi connectivity index (χ0) is 14.7. The molecular weight excluding hydrogens is 278 g/mol. The molecule has 3 aromatic rings. The van der Waals surface area contributed by atoms with E-state index in [9.17, 15) is 0 Å². The Balaban J connectivity index is 1.79. The monoisotopic (exact) mass is 295 g/mol. The number of nitrogens with one attached hydrogen (secondary N) is 1. The van der Waals surface area contributed by atoms with Gasteiger partial charge in [0.05, 0.1) is 0 Å². The maximum Gasteiger partial charge on any atom is 0.0409 e. The molecule has 106 valence electrons. The van der Waals surface area contributed by atoms with E-state index in [2.05, 4.69) is 60.8 Å². The van der Waals surface area contributed by atoms with E-state index in [-0.39, 0.29) is 6.04 Å². The topological polar surface area (TPSA) is 12.0 Å². The summed E-state index contributed by atoms with van der Waals surface area (Å²) < 4.78 is 0. The van der Waals surface area contributed by atoms with E-state index in [1.54, 1.807) is 0 Å². The van der Waals surface area contributed by atoms with Crippen LogP contribution in [0.3, 0.4) is 0 Å². The van der Waals surface area contributed by atoms with Crippen molar-refractivity contribution >= 4 is 22.4 Å². The van der Waals surface area contributed by atoms with Crippen LogP contribution in [0.15, 0.2) is 66.7 Å². The second kappa shape index (κ2) is 6.30. The number of halogens is 1. The third-order valence-corrected chi connectivity index (χ3v) is 4.03. The van der Waals surface area contributed by atoms with Gasteiger partial charge in [0.25, 0.3) is 0 Å². The molecule has 1 unspecified atom stereocenters. The first-order chi connectivity index (χ1) is 10.2. The Hall–Kier alpha value is -1.83. The SMILES string of the molecule is CC(NCc1cccc(Cl)c1)c1cccc2ccccc12. The molecule has 1 nitrogen and oxygen atoms in total. The lowest BCUT2D eigenvalue weighted by molar-refractivity contribution is 0.578. The summed E-state index contributed by atoms with van der Waals surface area (Å²) in [6.07, 6.45) is 0. The first kappa shape index (κ1) is 14.1. The van der Waals surface area contributed by atoms with Crippen LogP contribution in [0.2, 0.25) is 5.02 Å². The van der Waals surface area contributed by atoms with Crippen LogP contribution >= 0.6 is 11.6 Å². The summed E-state index contributed by atoms with van der Waals surface area (Å²) in [6, 6.07) is 23.3. The van der Waals surface area contributed by atoms with Crippen molar-refractivity contribution in [2.45, 2.75) is 19.5 Å². The van der Waals surface area contributed by atoms with Crippen molar-refractivity contribution in [1.29, 1.82) is 0 Å². The molecule has 0 aliphatic carbocycles. The highest BCUT2D eigenvalue weighted by Crippen LogP contribution is 2.24. The van der Waals surface area contributed by atoms with Gasteiger partial charge >= 0.3 is 0 Å². The summed E-state index contributed by atoms with van der Waals surface area (Å²) in [5.74, 6) is 0. The van der Waals surface area contributed by atoms with E-state index in [1.165, 1.54) is 21.9 Å². The molecule has 0 fully saturated rings. The maximum absolute atomic E-state index is 6.03. The zero-order valence-electron chi connectivity index (χ0n) is 12.0. The van der Waals surface area contributed by atoms with Crippen LogP contribution in [0.1, 0.15) is 24.1 Å². The molecule has 0 amide bonds. The molecule has 3 rings (SSSR count). The number of hydrogen-bond acceptors (Lipinski definition) is 1. The van der Waals surface area contributed by atoms with Crippen molar-refractivity contribution in [3.05, 3.63) is 82.9 Å². The lowest BCUT2D eigenvalue weighted by atomic mass is 9.99. The van der Waals surface area contributed by atoms with Gasteiger partial charge in [0.2, 0.25) is 0 Å². The van der Waals surface area contributed by atoms with Gasteiger partial charge in [-0.1, -0.05) is 66.2 Å². The second-order valence-corrected chi connectivity index (χ2v) is 5.74. The minimum absolute atomic E-state index is 0.287. The molecule has 0 bridgehead atoms. The van der Waals surface area contributed by atoms with Gasteiger partial charge in [-0.3, -0.25) is 0 Å². The summed E-state index contributed by atoms with van der Waals surface area (Å²) in [5.41, 5.74) is 2.53. The van der Waals surface area contributed by atoms with Crippen LogP contribution in [-0.4, -0.2) is 0 Å². The van der Waals surface area contributed by atoms with Crippen molar-refractivity contribution < 1.29 is 0 Å². The molecule has 1 N–H and O–H groups in total. The number of hydrogen-bond donors (Lipinski definition) is 1. The number of rotatable bonds is 4. The molecule has 0 saturated carbocycles. The predicted molar refractivity (Wildman–Crippen MR) is 90.7 cm³/mol. The minimum atomic E-state index is 0.287. The summed E-state index contributed by atoms with van der Waals surface area (Å²) in [7, 11) is 0. The van der Waals surface area contributed by atoms with Gasteiger partial charge in [-0.2, -0.15) is 0 Å². The fourth-order valence-electron chi connectivity index (χ4n) is 2.66. The number of fused-ring (bicyclic) bond motifs is 1. The molecule has 0 radical (unpaired) electrons. The predicted octanol–water partition coefficient (Wildman–Crippen LogP) is 5.34. The van der Waals surface area contributed by atoms with Crippen LogP contribution in [0.25, 0.3) is 10.8 Å². The standard InChI is InChI=1S/C19H18ClN/c1-14(21-13-15-6-4-9-17(20)12-15)18-11-5-8-16-7-2-3-10-19(16)18/h2-12,14,21H,13H2,1H3. The van der Waals surface area contributed by atoms with Gasteiger partial charge < -0.3 is 5.32 Å². The van der Waals surface area contributed by atoms with Gasteiger partial charge in [0.1, 0.15) is 0 Å². The highest BCUT2D eigenvalue weighted by atomic mass is 35.5. The smallest absolute Gasteiger partial charge is 0.0409 e. The van der Waals surface area contributed by atoms with Crippen molar-refractivity contribution in [3.8, 4) is 0 Å². The average molecular weight is 296 g/mol. The Morgan fingerprint density at radius 3 is 2.57 bits per heavy atom. The molecule has 0 aliphatic rings. The highest BCUT2D eigenvalue weighted by molar-refractivity contribution is 6.30. The number of benzene rings is 3. The third-order valence-electron chi connectivity index (χ3n) is 3.79. The van der Waals surface area contributed by atoms with Crippen molar-refractivity contribution in [2.24, 2.45) is 0 Å². The molecule has 2 heteroatoms. The largest absolute Gasteiger partial charge is 0.306 e. The Bertz CT molecular complexity index is 746. The molecular formula is C19H18ClN. The fraction of sp³-hybridized carbons (Fsp3) is 0.158. The van der Waals surface area contributed by atoms with E-state index >= 15 is 0 Å². The lowest BCUT2D eigenvalue weighted by Crippen LogP contribution is -2.18. The van der Waals surface area contributed by atoms with Gasteiger partial charge in [-0.25, -0.2) is 0 Å². The van der Waals surface area contributed by atoms with Crippen LogP contribution in [0.5, 0.6) is 0 Å². The first-order valence-electron chi connectivity index (χ1n) is 7.19. The van der Waals surface area contributed by atoms with Crippen LogP contribution < -0.4 is 5.32 Å². The van der Waals surface area contributed by atoms with E-state index in [4.69, 9.17) is 11.6 Å². The summed E-state index contributed by atoms with van der Waals surface area (Å²) in [6.45, 7) is 3.01. The average Bonchev–Trinajstić information content (AvgIpc) is 2.52. The molecule has 21 heavy (non-hydrogen) atoms. The second-order valence-electron chi connectivity index (χ2n) is 5.30. The Morgan fingerprint density at radius 2 is 1.71 bits per heavy atom. The van der Waals surface area contributed by atoms with Crippen LogP contribution in [-0.2, 0) is 6.54 Å². The Morgan fingerprint density at radius 1 is 0.952 bits per heavy atom. The third kappa shape index (κ3) is 3.26. The van der Waals surface area contributed by atoms with E-state index in [0.717, 1.165) is 11.6 Å². The summed E-state index contributed by atoms with van der Waals surface area (Å²) in [5, 5.41) is 6.96. The van der Waals surface area contributed by atoms with Gasteiger partial charge in [-0.05, 0) is 41.0 Å². The zero-order valence-corrected chi connectivity index (χ0v) is 12.8. The first-order valence-corrected chi connectivity index (χ1v) is 7.57. The van der Waals surface area contributed by atoms with E-state index in [0.29, 0.717) is 0 Å². The van der Waals surface area contributed by atoms with Crippen molar-refractivity contribution in [3.63, 3.8) is 0 Å². The molecule has 1 atom stereocenters. The highest BCUT2D eigenvalue weighted by Gasteiger charge is 2.08. The minimum Gasteiger partial charge on any atom is -0.306 e. The van der Waals surface area contributed by atoms with Gasteiger partial charge in [0, 0.05) is 17.6 Å². The quantitative estimate of drug-likeness (QED) is 0.684. The molecule has 0 aromatic heterocycles. The van der Waals surface area contributed by atoms with Gasteiger partial charge in [-0.15, -0.1) is 0 Å². The summed E-state index contributed by atoms with van der Waals surface area (Å²) >= 11 is 6.03. The Labute approximate surface area is 130 Å². The molecule has 0 aliphatic heterocycles. The summed E-state index contributed by atoms with van der Waals surface area (Å²) in [4.78, 5) is 0. The maximum atomic E-state index is 6.03. The molecule has 3 aromatic carbocycles. The fourth-order valence-corrected chi connectivity index (χ4v) is 2.87. The van der Waals surface area contributed by atoms with Crippen LogP contribution in [0, 0.1) is 0 Å². The lowest BCUT2D eigenvalue weighted by Gasteiger charge is -2.17. The molecule has 0 saturated heterocycles. The van der Waals surface area contributed by atoms with E-state index in [1.807, 2.05) is 18.2 Å².